The number of aromatic nitrogens is 1. The van der Waals surface area contributed by atoms with Crippen LogP contribution in [-0.2, 0) is 16.0 Å². The number of para-hydroxylation sites is 1. The summed E-state index contributed by atoms with van der Waals surface area (Å²) in [6, 6.07) is 16.0. The maximum absolute atomic E-state index is 12.6. The van der Waals surface area contributed by atoms with Crippen molar-refractivity contribution < 1.29 is 9.59 Å². The lowest BCUT2D eigenvalue weighted by molar-refractivity contribution is -0.127. The monoisotopic (exact) mass is 347 g/mol. The Labute approximate surface area is 152 Å². The van der Waals surface area contributed by atoms with Crippen LogP contribution in [0.3, 0.4) is 0 Å². The number of nitrogens with zero attached hydrogens (tertiary/aromatic N) is 1. The van der Waals surface area contributed by atoms with Gasteiger partial charge in [-0.15, -0.1) is 0 Å². The van der Waals surface area contributed by atoms with Gasteiger partial charge in [0.15, 0.2) is 0 Å². The van der Waals surface area contributed by atoms with Crippen LogP contribution in [-0.4, -0.2) is 16.8 Å². The van der Waals surface area contributed by atoms with Crippen LogP contribution >= 0.6 is 0 Å². The highest BCUT2D eigenvalue weighted by molar-refractivity contribution is 5.90. The number of rotatable bonds is 5. The number of nitrogens with one attached hydrogen (secondary N) is 1. The van der Waals surface area contributed by atoms with Crippen molar-refractivity contribution in [1.82, 2.24) is 10.3 Å². The van der Waals surface area contributed by atoms with Crippen LogP contribution in [0.2, 0.25) is 0 Å². The number of benzene rings is 2. The summed E-state index contributed by atoms with van der Waals surface area (Å²) in [5.74, 6) is -0.851. The summed E-state index contributed by atoms with van der Waals surface area (Å²) in [6.07, 6.45) is 0.145. The third-order valence-electron chi connectivity index (χ3n) is 4.55. The van der Waals surface area contributed by atoms with Gasteiger partial charge in [0.1, 0.15) is 6.04 Å². The van der Waals surface area contributed by atoms with Crippen LogP contribution in [0.15, 0.2) is 54.6 Å². The van der Waals surface area contributed by atoms with Gasteiger partial charge in [-0.1, -0.05) is 48.5 Å². The van der Waals surface area contributed by atoms with E-state index in [0.29, 0.717) is 5.56 Å². The van der Waals surface area contributed by atoms with Gasteiger partial charge < -0.3 is 11.1 Å². The zero-order valence-electron chi connectivity index (χ0n) is 14.8. The standard InChI is InChI=1S/C21H21N3O2/c1-13-16-10-6-7-11-18(16)23-14(2)17(13)12-19(25)24-20(21(22)26)15-8-4-3-5-9-15/h3-11,20H,12H2,1-2H3,(H2,22,26)(H,24,25)/t20-/m0/s1. The van der Waals surface area contributed by atoms with E-state index in [4.69, 9.17) is 5.73 Å². The Balaban J connectivity index is 1.86. The lowest BCUT2D eigenvalue weighted by atomic mass is 9.99. The second-order valence-electron chi connectivity index (χ2n) is 6.31. The van der Waals surface area contributed by atoms with Gasteiger partial charge in [-0.3, -0.25) is 14.6 Å². The molecule has 1 heterocycles. The van der Waals surface area contributed by atoms with Crippen molar-refractivity contribution in [2.24, 2.45) is 5.73 Å². The third-order valence-corrected chi connectivity index (χ3v) is 4.55. The first kappa shape index (κ1) is 17.6. The van der Waals surface area contributed by atoms with Gasteiger partial charge in [0.25, 0.3) is 0 Å². The predicted molar refractivity (Wildman–Crippen MR) is 101 cm³/mol. The summed E-state index contributed by atoms with van der Waals surface area (Å²) in [7, 11) is 0. The summed E-state index contributed by atoms with van der Waals surface area (Å²) in [5.41, 5.74) is 9.76. The molecule has 1 aromatic heterocycles. The van der Waals surface area contributed by atoms with Crippen molar-refractivity contribution >= 4 is 22.7 Å². The number of aryl methyl sites for hydroxylation is 2. The minimum Gasteiger partial charge on any atom is -0.368 e. The largest absolute Gasteiger partial charge is 0.368 e. The van der Waals surface area contributed by atoms with E-state index < -0.39 is 11.9 Å². The lowest BCUT2D eigenvalue weighted by Crippen LogP contribution is -2.38. The van der Waals surface area contributed by atoms with Crippen molar-refractivity contribution in [2.75, 3.05) is 0 Å². The van der Waals surface area contributed by atoms with E-state index in [2.05, 4.69) is 10.3 Å². The lowest BCUT2D eigenvalue weighted by Gasteiger charge is -2.17. The van der Waals surface area contributed by atoms with Gasteiger partial charge >= 0.3 is 0 Å². The Morgan fingerprint density at radius 2 is 1.69 bits per heavy atom. The van der Waals surface area contributed by atoms with E-state index in [-0.39, 0.29) is 12.3 Å². The van der Waals surface area contributed by atoms with Gasteiger partial charge in [-0.2, -0.15) is 0 Å². The zero-order chi connectivity index (χ0) is 18.7. The first-order valence-corrected chi connectivity index (χ1v) is 8.46. The normalized spacial score (nSPS) is 11.9. The van der Waals surface area contributed by atoms with Crippen LogP contribution in [0.1, 0.15) is 28.4 Å². The van der Waals surface area contributed by atoms with Crippen LogP contribution in [0.25, 0.3) is 10.9 Å². The summed E-state index contributed by atoms with van der Waals surface area (Å²) in [6.45, 7) is 3.88. The number of nitrogens with two attached hydrogens (primary N) is 1. The van der Waals surface area contributed by atoms with Crippen LogP contribution < -0.4 is 11.1 Å². The highest BCUT2D eigenvalue weighted by Crippen LogP contribution is 2.23. The minimum atomic E-state index is -0.849. The Bertz CT molecular complexity index is 968. The molecule has 0 radical (unpaired) electrons. The summed E-state index contributed by atoms with van der Waals surface area (Å²) in [4.78, 5) is 29.0. The molecule has 0 spiro atoms. The number of fused-ring (bicyclic) bond motifs is 1. The van der Waals surface area contributed by atoms with Crippen molar-refractivity contribution in [2.45, 2.75) is 26.3 Å². The number of hydrogen-bond donors (Lipinski definition) is 2. The van der Waals surface area contributed by atoms with E-state index in [1.54, 1.807) is 24.3 Å². The van der Waals surface area contributed by atoms with E-state index >= 15 is 0 Å². The molecular formula is C21H21N3O2. The Morgan fingerprint density at radius 1 is 1.04 bits per heavy atom. The molecule has 3 aromatic rings. The number of amides is 2. The minimum absolute atomic E-state index is 0.145. The van der Waals surface area contributed by atoms with Crippen molar-refractivity contribution in [3.63, 3.8) is 0 Å². The van der Waals surface area contributed by atoms with Gasteiger partial charge in [-0.25, -0.2) is 0 Å². The Morgan fingerprint density at radius 3 is 2.38 bits per heavy atom. The number of primary amides is 1. The molecule has 3 N–H and O–H groups in total. The summed E-state index contributed by atoms with van der Waals surface area (Å²) in [5, 5.41) is 3.77. The maximum Gasteiger partial charge on any atom is 0.244 e. The molecule has 0 bridgehead atoms. The van der Waals surface area contributed by atoms with Gasteiger partial charge in [0, 0.05) is 11.1 Å². The molecule has 0 saturated heterocycles. The molecule has 0 aliphatic rings. The average molecular weight is 347 g/mol. The fraction of sp³-hybridized carbons (Fsp3) is 0.190. The smallest absolute Gasteiger partial charge is 0.244 e. The maximum atomic E-state index is 12.6. The molecule has 3 rings (SSSR count). The highest BCUT2D eigenvalue weighted by Gasteiger charge is 2.21. The van der Waals surface area contributed by atoms with Gasteiger partial charge in [-0.05, 0) is 36.6 Å². The molecule has 5 nitrogen and oxygen atoms in total. The molecule has 2 aromatic carbocycles. The second kappa shape index (κ2) is 7.35. The molecule has 0 fully saturated rings. The zero-order valence-corrected chi connectivity index (χ0v) is 14.8. The van der Waals surface area contributed by atoms with Gasteiger partial charge in [0.05, 0.1) is 11.9 Å². The first-order valence-electron chi connectivity index (χ1n) is 8.46. The van der Waals surface area contributed by atoms with Crippen LogP contribution in [0.5, 0.6) is 0 Å². The Hall–Kier alpha value is -3.21. The summed E-state index contributed by atoms with van der Waals surface area (Å²) >= 11 is 0. The Kier molecular flexibility index (Phi) is 4.98. The first-order chi connectivity index (χ1) is 12.5. The average Bonchev–Trinajstić information content (AvgIpc) is 2.63. The molecule has 0 aliphatic carbocycles. The SMILES string of the molecule is Cc1nc2ccccc2c(C)c1CC(=O)N[C@H](C(N)=O)c1ccccc1. The molecule has 0 saturated carbocycles. The van der Waals surface area contributed by atoms with E-state index in [0.717, 1.165) is 27.7 Å². The van der Waals surface area contributed by atoms with Crippen LogP contribution in [0.4, 0.5) is 0 Å². The fourth-order valence-electron chi connectivity index (χ4n) is 3.17. The molecule has 26 heavy (non-hydrogen) atoms. The molecule has 1 atom stereocenters. The molecular weight excluding hydrogens is 326 g/mol. The van der Waals surface area contributed by atoms with Crippen molar-refractivity contribution in [1.29, 1.82) is 0 Å². The quantitative estimate of drug-likeness (QED) is 0.744. The highest BCUT2D eigenvalue weighted by atomic mass is 16.2. The third kappa shape index (κ3) is 3.57. The number of pyridine rings is 1. The van der Waals surface area contributed by atoms with Crippen molar-refractivity contribution in [3.05, 3.63) is 77.0 Å². The summed E-state index contributed by atoms with van der Waals surface area (Å²) < 4.78 is 0. The molecule has 0 aliphatic heterocycles. The van der Waals surface area contributed by atoms with E-state index in [9.17, 15) is 9.59 Å². The number of carbonyl (C=O) groups is 2. The molecule has 5 heteroatoms. The van der Waals surface area contributed by atoms with E-state index in [1.807, 2.05) is 44.2 Å². The molecule has 0 unspecified atom stereocenters. The predicted octanol–water partition coefficient (Wildman–Crippen LogP) is 2.74. The van der Waals surface area contributed by atoms with Crippen molar-refractivity contribution in [3.8, 4) is 0 Å². The fourth-order valence-corrected chi connectivity index (χ4v) is 3.17. The topological polar surface area (TPSA) is 85.1 Å². The number of carbonyl (C=O) groups excluding carboxylic acids is 2. The second-order valence-corrected chi connectivity index (χ2v) is 6.31. The number of hydrogen-bond acceptors (Lipinski definition) is 3. The molecule has 132 valence electrons. The van der Waals surface area contributed by atoms with E-state index in [1.165, 1.54) is 0 Å². The van der Waals surface area contributed by atoms with Gasteiger partial charge in [0.2, 0.25) is 11.8 Å². The molecule has 2 amide bonds. The van der Waals surface area contributed by atoms with Crippen LogP contribution in [0, 0.1) is 13.8 Å².